The maximum Gasteiger partial charge on any atom is 0.115 e. The molecule has 4 heteroatoms. The minimum atomic E-state index is 0.364. The highest BCUT2D eigenvalue weighted by Gasteiger charge is 2.12. The number of nitrogens with one attached hydrogen (secondary N) is 1. The van der Waals surface area contributed by atoms with E-state index in [1.807, 2.05) is 12.1 Å². The van der Waals surface area contributed by atoms with Crippen LogP contribution in [0.15, 0.2) is 48.9 Å². The summed E-state index contributed by atoms with van der Waals surface area (Å²) in [5.74, 6) is 0. The molecule has 0 aliphatic heterocycles. The largest absolute Gasteiger partial charge is 0.309 e. The van der Waals surface area contributed by atoms with Crippen LogP contribution in [0.5, 0.6) is 0 Å². The average molecular weight is 256 g/mol. The molecular weight excluding hydrogens is 236 g/mol. The minimum Gasteiger partial charge on any atom is -0.309 e. The molecule has 1 atom stereocenters. The molecule has 4 nitrogen and oxygen atoms in total. The molecule has 0 saturated carbocycles. The van der Waals surface area contributed by atoms with E-state index >= 15 is 0 Å². The predicted octanol–water partition coefficient (Wildman–Crippen LogP) is 1.87. The lowest BCUT2D eigenvalue weighted by Gasteiger charge is -2.25. The molecular formula is C15H20N4. The second-order valence-corrected chi connectivity index (χ2v) is 4.72. The third-order valence-corrected chi connectivity index (χ3v) is 3.09. The van der Waals surface area contributed by atoms with E-state index in [0.29, 0.717) is 6.04 Å². The van der Waals surface area contributed by atoms with Crippen molar-refractivity contribution in [2.75, 3.05) is 20.6 Å². The second kappa shape index (κ2) is 6.97. The van der Waals surface area contributed by atoms with Crippen molar-refractivity contribution in [3.8, 4) is 0 Å². The van der Waals surface area contributed by atoms with E-state index in [1.165, 1.54) is 5.56 Å². The Kier molecular flexibility index (Phi) is 5.01. The van der Waals surface area contributed by atoms with Gasteiger partial charge in [-0.05, 0) is 25.7 Å². The molecule has 0 bridgehead atoms. The van der Waals surface area contributed by atoms with Crippen LogP contribution in [-0.4, -0.2) is 35.5 Å². The summed E-state index contributed by atoms with van der Waals surface area (Å²) < 4.78 is 0. The zero-order valence-electron chi connectivity index (χ0n) is 11.5. The number of aromatic nitrogens is 2. The highest BCUT2D eigenvalue weighted by Crippen LogP contribution is 2.16. The van der Waals surface area contributed by atoms with Gasteiger partial charge < -0.3 is 10.2 Å². The lowest BCUT2D eigenvalue weighted by atomic mass is 10.1. The molecule has 0 amide bonds. The van der Waals surface area contributed by atoms with Gasteiger partial charge in [0.2, 0.25) is 0 Å². The van der Waals surface area contributed by atoms with Gasteiger partial charge in [0.1, 0.15) is 6.33 Å². The van der Waals surface area contributed by atoms with Gasteiger partial charge in [0.05, 0.1) is 5.69 Å². The lowest BCUT2D eigenvalue weighted by molar-refractivity contribution is 0.288. The topological polar surface area (TPSA) is 41.0 Å². The first-order valence-corrected chi connectivity index (χ1v) is 6.44. The van der Waals surface area contributed by atoms with Crippen LogP contribution < -0.4 is 5.32 Å². The Morgan fingerprint density at radius 2 is 1.95 bits per heavy atom. The summed E-state index contributed by atoms with van der Waals surface area (Å²) >= 11 is 0. The lowest BCUT2D eigenvalue weighted by Crippen LogP contribution is -2.31. The smallest absolute Gasteiger partial charge is 0.115 e. The summed E-state index contributed by atoms with van der Waals surface area (Å²) in [5, 5.41) is 3.45. The molecule has 0 radical (unpaired) electrons. The monoisotopic (exact) mass is 256 g/mol. The first kappa shape index (κ1) is 13.6. The first-order chi connectivity index (χ1) is 9.27. The zero-order valence-corrected chi connectivity index (χ0v) is 11.5. The Hall–Kier alpha value is -1.78. The summed E-state index contributed by atoms with van der Waals surface area (Å²) in [4.78, 5) is 10.3. The summed E-state index contributed by atoms with van der Waals surface area (Å²) in [7, 11) is 4.20. The number of hydrogen-bond acceptors (Lipinski definition) is 4. The molecule has 1 aromatic carbocycles. The van der Waals surface area contributed by atoms with Crippen molar-refractivity contribution in [2.45, 2.75) is 12.6 Å². The Morgan fingerprint density at radius 1 is 1.16 bits per heavy atom. The third-order valence-electron chi connectivity index (χ3n) is 3.09. The highest BCUT2D eigenvalue weighted by molar-refractivity contribution is 5.19. The van der Waals surface area contributed by atoms with Crippen molar-refractivity contribution in [1.82, 2.24) is 20.2 Å². The SMILES string of the molecule is CN(C)C(CNCc1ccncn1)c1ccccc1. The fraction of sp³-hybridized carbons (Fsp3) is 0.333. The van der Waals surface area contributed by atoms with Crippen molar-refractivity contribution in [3.63, 3.8) is 0 Å². The number of benzene rings is 1. The fourth-order valence-electron chi connectivity index (χ4n) is 2.03. The summed E-state index contributed by atoms with van der Waals surface area (Å²) in [6.45, 7) is 1.65. The molecule has 0 saturated heterocycles. The van der Waals surface area contributed by atoms with Gasteiger partial charge >= 0.3 is 0 Å². The molecule has 19 heavy (non-hydrogen) atoms. The predicted molar refractivity (Wildman–Crippen MR) is 76.6 cm³/mol. The highest BCUT2D eigenvalue weighted by atomic mass is 15.1. The van der Waals surface area contributed by atoms with Crippen LogP contribution in [0.2, 0.25) is 0 Å². The molecule has 0 aliphatic rings. The molecule has 0 aliphatic carbocycles. The molecule has 0 fully saturated rings. The maximum absolute atomic E-state index is 4.21. The van der Waals surface area contributed by atoms with E-state index in [2.05, 4.69) is 58.5 Å². The normalized spacial score (nSPS) is 12.6. The van der Waals surface area contributed by atoms with E-state index in [-0.39, 0.29) is 0 Å². The summed E-state index contributed by atoms with van der Waals surface area (Å²) in [6.07, 6.45) is 3.35. The second-order valence-electron chi connectivity index (χ2n) is 4.72. The number of rotatable bonds is 6. The standard InChI is InChI=1S/C15H20N4/c1-19(2)15(13-6-4-3-5-7-13)11-17-10-14-8-9-16-12-18-14/h3-9,12,15,17H,10-11H2,1-2H3. The van der Waals surface area contributed by atoms with Crippen molar-refractivity contribution in [1.29, 1.82) is 0 Å². The average Bonchev–Trinajstić information content (AvgIpc) is 2.45. The van der Waals surface area contributed by atoms with Crippen LogP contribution in [0.25, 0.3) is 0 Å². The Labute approximate surface area is 114 Å². The Bertz CT molecular complexity index is 470. The van der Waals surface area contributed by atoms with Gasteiger partial charge in [0.25, 0.3) is 0 Å². The van der Waals surface area contributed by atoms with E-state index in [9.17, 15) is 0 Å². The number of nitrogens with zero attached hydrogens (tertiary/aromatic N) is 3. The first-order valence-electron chi connectivity index (χ1n) is 6.44. The number of hydrogen-bond donors (Lipinski definition) is 1. The van der Waals surface area contributed by atoms with Crippen LogP contribution in [0.3, 0.4) is 0 Å². The van der Waals surface area contributed by atoms with Crippen LogP contribution in [0, 0.1) is 0 Å². The molecule has 0 spiro atoms. The van der Waals surface area contributed by atoms with Crippen molar-refractivity contribution in [2.24, 2.45) is 0 Å². The quantitative estimate of drug-likeness (QED) is 0.856. The van der Waals surface area contributed by atoms with E-state index < -0.39 is 0 Å². The van der Waals surface area contributed by atoms with Crippen molar-refractivity contribution in [3.05, 3.63) is 60.2 Å². The molecule has 1 aromatic heterocycles. The van der Waals surface area contributed by atoms with Crippen LogP contribution in [0.1, 0.15) is 17.3 Å². The van der Waals surface area contributed by atoms with E-state index in [4.69, 9.17) is 0 Å². The molecule has 1 N–H and O–H groups in total. The van der Waals surface area contributed by atoms with Gasteiger partial charge in [-0.15, -0.1) is 0 Å². The van der Waals surface area contributed by atoms with Crippen LogP contribution in [0.4, 0.5) is 0 Å². The Morgan fingerprint density at radius 3 is 2.58 bits per heavy atom. The van der Waals surface area contributed by atoms with Crippen molar-refractivity contribution >= 4 is 0 Å². The molecule has 2 aromatic rings. The van der Waals surface area contributed by atoms with Crippen LogP contribution >= 0.6 is 0 Å². The zero-order chi connectivity index (χ0) is 13.5. The molecule has 100 valence electrons. The van der Waals surface area contributed by atoms with Gasteiger partial charge in [-0.1, -0.05) is 30.3 Å². The van der Waals surface area contributed by atoms with E-state index in [0.717, 1.165) is 18.8 Å². The Balaban J connectivity index is 1.92. The van der Waals surface area contributed by atoms with Gasteiger partial charge in [-0.2, -0.15) is 0 Å². The molecule has 2 rings (SSSR count). The number of likely N-dealkylation sites (N-methyl/N-ethyl adjacent to an activating group) is 1. The molecule has 1 heterocycles. The summed E-state index contributed by atoms with van der Waals surface area (Å²) in [6, 6.07) is 12.8. The summed E-state index contributed by atoms with van der Waals surface area (Å²) in [5.41, 5.74) is 2.34. The van der Waals surface area contributed by atoms with Gasteiger partial charge in [0, 0.05) is 25.3 Å². The van der Waals surface area contributed by atoms with E-state index in [1.54, 1.807) is 12.5 Å². The van der Waals surface area contributed by atoms with Crippen molar-refractivity contribution < 1.29 is 0 Å². The van der Waals surface area contributed by atoms with Gasteiger partial charge in [-0.3, -0.25) is 0 Å². The van der Waals surface area contributed by atoms with Gasteiger partial charge in [0.15, 0.2) is 0 Å². The maximum atomic E-state index is 4.21. The van der Waals surface area contributed by atoms with Crippen LogP contribution in [-0.2, 0) is 6.54 Å². The minimum absolute atomic E-state index is 0.364. The third kappa shape index (κ3) is 4.12. The fourth-order valence-corrected chi connectivity index (χ4v) is 2.03. The molecule has 1 unspecified atom stereocenters. The van der Waals surface area contributed by atoms with Gasteiger partial charge in [-0.25, -0.2) is 9.97 Å².